The van der Waals surface area contributed by atoms with Crippen LogP contribution in [0.25, 0.3) is 11.3 Å². The minimum absolute atomic E-state index is 0.0205. The lowest BCUT2D eigenvalue weighted by Crippen LogP contribution is -2.30. The number of nitrogens with two attached hydrogens (primary N) is 1. The van der Waals surface area contributed by atoms with Crippen LogP contribution in [0.15, 0.2) is 52.3 Å². The number of primary amides is 1. The Labute approximate surface area is 175 Å². The molecule has 156 valence electrons. The molecule has 2 amide bonds. The number of carbonyl (C=O) groups excluding carboxylic acids is 3. The predicted octanol–water partition coefficient (Wildman–Crippen LogP) is 3.75. The Bertz CT molecular complexity index is 1070. The maximum atomic E-state index is 13.8. The molecule has 0 aliphatic rings. The molecule has 3 rings (SSSR count). The molecule has 0 saturated heterocycles. The third-order valence-corrected chi connectivity index (χ3v) is 5.05. The molecule has 0 radical (unpaired) electrons. The molecule has 2 heterocycles. The van der Waals surface area contributed by atoms with Crippen molar-refractivity contribution in [2.75, 3.05) is 5.32 Å². The minimum atomic E-state index is -1.06. The quantitative estimate of drug-likeness (QED) is 0.529. The first-order valence-electron chi connectivity index (χ1n) is 9.06. The highest BCUT2D eigenvalue weighted by molar-refractivity contribution is 7.14. The van der Waals surface area contributed by atoms with Crippen LogP contribution in [0.4, 0.5) is 9.39 Å². The zero-order valence-electron chi connectivity index (χ0n) is 16.0. The van der Waals surface area contributed by atoms with Gasteiger partial charge in [-0.25, -0.2) is 4.39 Å². The summed E-state index contributed by atoms with van der Waals surface area (Å²) < 4.78 is 24.5. The van der Waals surface area contributed by atoms with E-state index in [4.69, 9.17) is 14.9 Å². The number of rotatable bonds is 8. The third-order valence-electron chi connectivity index (χ3n) is 4.22. The van der Waals surface area contributed by atoms with Crippen molar-refractivity contribution >= 4 is 34.1 Å². The van der Waals surface area contributed by atoms with E-state index < -0.39 is 29.7 Å². The molecule has 0 saturated carbocycles. The average molecular weight is 430 g/mol. The highest BCUT2D eigenvalue weighted by Crippen LogP contribution is 2.25. The van der Waals surface area contributed by atoms with E-state index >= 15 is 0 Å². The Hall–Kier alpha value is -3.46. The second-order valence-corrected chi connectivity index (χ2v) is 7.31. The monoisotopic (exact) mass is 430 g/mol. The van der Waals surface area contributed by atoms with Crippen LogP contribution in [0.5, 0.6) is 0 Å². The van der Waals surface area contributed by atoms with Gasteiger partial charge in [-0.3, -0.25) is 14.4 Å². The predicted molar refractivity (Wildman–Crippen MR) is 109 cm³/mol. The minimum Gasteiger partial charge on any atom is -0.461 e. The van der Waals surface area contributed by atoms with E-state index in [0.29, 0.717) is 22.1 Å². The molecule has 1 atom stereocenters. The van der Waals surface area contributed by atoms with Crippen LogP contribution in [0.1, 0.15) is 29.5 Å². The number of halogens is 1. The van der Waals surface area contributed by atoms with Crippen molar-refractivity contribution in [1.82, 2.24) is 0 Å². The molecule has 0 spiro atoms. The summed E-state index contributed by atoms with van der Waals surface area (Å²) in [5, 5.41) is 4.44. The Morgan fingerprint density at radius 1 is 1.20 bits per heavy atom. The lowest BCUT2D eigenvalue weighted by molar-refractivity contribution is -0.153. The number of aryl methyl sites for hydroxylation is 1. The molecule has 1 aromatic carbocycles. The average Bonchev–Trinajstić information content (AvgIpc) is 3.36. The first-order chi connectivity index (χ1) is 14.3. The number of esters is 1. The van der Waals surface area contributed by atoms with Crippen molar-refractivity contribution in [3.8, 4) is 11.3 Å². The fourth-order valence-electron chi connectivity index (χ4n) is 2.67. The summed E-state index contributed by atoms with van der Waals surface area (Å²) in [6.45, 7) is 1.42. The van der Waals surface area contributed by atoms with Gasteiger partial charge in [-0.1, -0.05) is 12.1 Å². The van der Waals surface area contributed by atoms with Crippen LogP contribution < -0.4 is 11.1 Å². The van der Waals surface area contributed by atoms with Crippen LogP contribution in [-0.2, 0) is 20.7 Å². The maximum Gasteiger partial charge on any atom is 0.307 e. The molecule has 0 aliphatic heterocycles. The molecule has 0 aliphatic carbocycles. The lowest BCUT2D eigenvalue weighted by Gasteiger charge is -2.13. The van der Waals surface area contributed by atoms with E-state index in [-0.39, 0.29) is 18.4 Å². The van der Waals surface area contributed by atoms with E-state index in [1.54, 1.807) is 35.7 Å². The Morgan fingerprint density at radius 3 is 2.70 bits per heavy atom. The Morgan fingerprint density at radius 2 is 1.97 bits per heavy atom. The van der Waals surface area contributed by atoms with Gasteiger partial charge in [-0.2, -0.15) is 0 Å². The first-order valence-corrected chi connectivity index (χ1v) is 9.94. The van der Waals surface area contributed by atoms with Crippen molar-refractivity contribution in [2.45, 2.75) is 25.9 Å². The fourth-order valence-corrected chi connectivity index (χ4v) is 3.46. The number of amides is 2. The van der Waals surface area contributed by atoms with Crippen molar-refractivity contribution in [3.63, 3.8) is 0 Å². The molecule has 1 unspecified atom stereocenters. The number of nitrogens with one attached hydrogen (secondary N) is 1. The van der Waals surface area contributed by atoms with Gasteiger partial charge in [0.2, 0.25) is 0 Å². The normalized spacial score (nSPS) is 11.7. The maximum absolute atomic E-state index is 13.8. The number of furan rings is 1. The van der Waals surface area contributed by atoms with Gasteiger partial charge in [0.25, 0.3) is 11.8 Å². The molecule has 3 N–H and O–H groups in total. The molecular formula is C21H19FN2O5S. The number of anilines is 1. The molecule has 9 heteroatoms. The summed E-state index contributed by atoms with van der Waals surface area (Å²) in [4.78, 5) is 35.6. The Balaban J connectivity index is 1.51. The number of thiophene rings is 1. The Kier molecular flexibility index (Phi) is 6.63. The molecule has 7 nitrogen and oxygen atoms in total. The molecule has 30 heavy (non-hydrogen) atoms. The fraction of sp³-hybridized carbons (Fsp3) is 0.190. The molecule has 2 aromatic heterocycles. The number of hydrogen-bond acceptors (Lipinski definition) is 6. The van der Waals surface area contributed by atoms with Crippen LogP contribution in [0.3, 0.4) is 0 Å². The summed E-state index contributed by atoms with van der Waals surface area (Å²) in [5.41, 5.74) is 5.76. The van der Waals surface area contributed by atoms with E-state index in [0.717, 1.165) is 11.3 Å². The van der Waals surface area contributed by atoms with Crippen LogP contribution in [-0.4, -0.2) is 23.9 Å². The second kappa shape index (κ2) is 9.36. The standard InChI is InChI=1S/C21H19FN2O5S/c1-12(20(27)24-21-15(19(23)26)10-11-30-21)28-18(25)9-7-13-6-8-17(29-13)14-4-2-3-5-16(14)22/h2-6,8,10-12H,7,9H2,1H3,(H2,23,26)(H,24,27). The van der Waals surface area contributed by atoms with Crippen molar-refractivity contribution in [2.24, 2.45) is 5.73 Å². The van der Waals surface area contributed by atoms with E-state index in [1.807, 2.05) is 0 Å². The molecule has 3 aromatic rings. The van der Waals surface area contributed by atoms with Gasteiger partial charge in [0.1, 0.15) is 22.3 Å². The highest BCUT2D eigenvalue weighted by Gasteiger charge is 2.21. The summed E-state index contributed by atoms with van der Waals surface area (Å²) in [7, 11) is 0. The zero-order chi connectivity index (χ0) is 21.7. The van der Waals surface area contributed by atoms with E-state index in [1.165, 1.54) is 19.1 Å². The van der Waals surface area contributed by atoms with Crippen molar-refractivity contribution < 1.29 is 27.9 Å². The van der Waals surface area contributed by atoms with Gasteiger partial charge in [-0.05, 0) is 42.6 Å². The topological polar surface area (TPSA) is 112 Å². The SMILES string of the molecule is CC(OC(=O)CCc1ccc(-c2ccccc2F)o1)C(=O)Nc1sccc1C(N)=O. The number of hydrogen-bond donors (Lipinski definition) is 2. The number of benzene rings is 1. The summed E-state index contributed by atoms with van der Waals surface area (Å²) in [6.07, 6.45) is -0.850. The molecule has 0 fully saturated rings. The molecule has 0 bridgehead atoms. The van der Waals surface area contributed by atoms with Gasteiger partial charge in [0, 0.05) is 6.42 Å². The van der Waals surface area contributed by atoms with Gasteiger partial charge < -0.3 is 20.2 Å². The van der Waals surface area contributed by atoms with Crippen molar-refractivity contribution in [3.05, 3.63) is 65.0 Å². The highest BCUT2D eigenvalue weighted by atomic mass is 32.1. The van der Waals surface area contributed by atoms with Crippen molar-refractivity contribution in [1.29, 1.82) is 0 Å². The van der Waals surface area contributed by atoms with E-state index in [2.05, 4.69) is 5.32 Å². The molecular weight excluding hydrogens is 411 g/mol. The summed E-state index contributed by atoms with van der Waals surface area (Å²) in [6, 6.07) is 11.0. The second-order valence-electron chi connectivity index (χ2n) is 6.39. The number of ether oxygens (including phenoxy) is 1. The number of carbonyl (C=O) groups is 3. The zero-order valence-corrected chi connectivity index (χ0v) is 16.8. The third kappa shape index (κ3) is 5.12. The first kappa shape index (κ1) is 21.3. The van der Waals surface area contributed by atoms with Crippen LogP contribution >= 0.6 is 11.3 Å². The summed E-state index contributed by atoms with van der Waals surface area (Å²) >= 11 is 1.14. The van der Waals surface area contributed by atoms with Gasteiger partial charge in [0.05, 0.1) is 17.5 Å². The van der Waals surface area contributed by atoms with Gasteiger partial charge in [0.15, 0.2) is 6.10 Å². The van der Waals surface area contributed by atoms with Crippen LogP contribution in [0.2, 0.25) is 0 Å². The van der Waals surface area contributed by atoms with Crippen LogP contribution in [0, 0.1) is 5.82 Å². The smallest absolute Gasteiger partial charge is 0.307 e. The van der Waals surface area contributed by atoms with Gasteiger partial charge >= 0.3 is 5.97 Å². The summed E-state index contributed by atoms with van der Waals surface area (Å²) in [5.74, 6) is -1.37. The lowest BCUT2D eigenvalue weighted by atomic mass is 10.1. The van der Waals surface area contributed by atoms with E-state index in [9.17, 15) is 18.8 Å². The van der Waals surface area contributed by atoms with Gasteiger partial charge in [-0.15, -0.1) is 11.3 Å². The largest absolute Gasteiger partial charge is 0.461 e.